The van der Waals surface area contributed by atoms with Crippen molar-refractivity contribution in [3.8, 4) is 11.3 Å². The van der Waals surface area contributed by atoms with Crippen molar-refractivity contribution in [2.75, 3.05) is 18.8 Å². The van der Waals surface area contributed by atoms with E-state index in [1.807, 2.05) is 42.5 Å². The van der Waals surface area contributed by atoms with Gasteiger partial charge in [0.25, 0.3) is 5.56 Å². The lowest BCUT2D eigenvalue weighted by molar-refractivity contribution is 0.582. The minimum absolute atomic E-state index is 0.110. The molecule has 4 aromatic rings. The van der Waals surface area contributed by atoms with Crippen molar-refractivity contribution in [3.05, 3.63) is 106 Å². The molecule has 0 saturated heterocycles. The van der Waals surface area contributed by atoms with E-state index < -0.39 is 0 Å². The largest absolute Gasteiger partial charge is 0.464 e. The standard InChI is InChI=1S/C26H28N4O2/c27-26-29-23(12-11-21-8-4-9-22(18-21)24-10-5-17-32-24)19-25(31)30(26)16-15-28-14-13-20-6-2-1-3-7-20/h1-10,17-19,28H,11-16H2,(H2,27,29). The van der Waals surface area contributed by atoms with E-state index in [0.29, 0.717) is 25.2 Å². The molecule has 4 rings (SSSR count). The number of hydrogen-bond donors (Lipinski definition) is 2. The number of benzene rings is 2. The summed E-state index contributed by atoms with van der Waals surface area (Å²) in [6, 6.07) is 23.9. The number of nitrogens with zero attached hydrogens (tertiary/aromatic N) is 2. The van der Waals surface area contributed by atoms with Crippen LogP contribution in [0.2, 0.25) is 0 Å². The molecule has 0 atom stereocenters. The zero-order chi connectivity index (χ0) is 22.2. The van der Waals surface area contributed by atoms with Gasteiger partial charge in [-0.05, 0) is 55.1 Å². The summed E-state index contributed by atoms with van der Waals surface area (Å²) in [5.74, 6) is 1.11. The van der Waals surface area contributed by atoms with Gasteiger partial charge >= 0.3 is 0 Å². The van der Waals surface area contributed by atoms with Crippen LogP contribution in [0.3, 0.4) is 0 Å². The molecule has 2 heterocycles. The Morgan fingerprint density at radius 1 is 0.875 bits per heavy atom. The Labute approximate surface area is 187 Å². The second-order valence-electron chi connectivity index (χ2n) is 7.76. The summed E-state index contributed by atoms with van der Waals surface area (Å²) in [4.78, 5) is 17.0. The fourth-order valence-electron chi connectivity index (χ4n) is 3.71. The summed E-state index contributed by atoms with van der Waals surface area (Å²) in [5, 5.41) is 3.36. The molecule has 32 heavy (non-hydrogen) atoms. The highest BCUT2D eigenvalue weighted by Crippen LogP contribution is 2.21. The molecule has 0 aliphatic carbocycles. The number of hydrogen-bond acceptors (Lipinski definition) is 5. The van der Waals surface area contributed by atoms with Gasteiger partial charge in [-0.3, -0.25) is 9.36 Å². The van der Waals surface area contributed by atoms with Gasteiger partial charge in [-0.25, -0.2) is 4.98 Å². The average Bonchev–Trinajstić information content (AvgIpc) is 3.35. The van der Waals surface area contributed by atoms with Crippen LogP contribution in [0.25, 0.3) is 11.3 Å². The third kappa shape index (κ3) is 5.74. The summed E-state index contributed by atoms with van der Waals surface area (Å²) in [5.41, 5.74) is 10.2. The van der Waals surface area contributed by atoms with E-state index in [4.69, 9.17) is 10.2 Å². The van der Waals surface area contributed by atoms with Crippen LogP contribution in [0.1, 0.15) is 16.8 Å². The molecule has 0 aliphatic heterocycles. The molecule has 6 heteroatoms. The Balaban J connectivity index is 1.30. The Bertz CT molecular complexity index is 1180. The lowest BCUT2D eigenvalue weighted by atomic mass is 10.0. The summed E-state index contributed by atoms with van der Waals surface area (Å²) in [6.45, 7) is 2.01. The number of aromatic nitrogens is 2. The molecule has 3 N–H and O–H groups in total. The van der Waals surface area contributed by atoms with Gasteiger partial charge in [0, 0.05) is 24.7 Å². The Hall–Kier alpha value is -3.64. The van der Waals surface area contributed by atoms with Crippen molar-refractivity contribution in [2.45, 2.75) is 25.8 Å². The van der Waals surface area contributed by atoms with Crippen molar-refractivity contribution in [2.24, 2.45) is 0 Å². The average molecular weight is 429 g/mol. The monoisotopic (exact) mass is 428 g/mol. The van der Waals surface area contributed by atoms with E-state index in [1.165, 1.54) is 10.1 Å². The molecular weight excluding hydrogens is 400 g/mol. The number of furan rings is 1. The van der Waals surface area contributed by atoms with Crippen molar-refractivity contribution < 1.29 is 4.42 Å². The highest BCUT2D eigenvalue weighted by molar-refractivity contribution is 5.58. The maximum absolute atomic E-state index is 12.6. The van der Waals surface area contributed by atoms with Crippen LogP contribution in [0, 0.1) is 0 Å². The predicted molar refractivity (Wildman–Crippen MR) is 127 cm³/mol. The second kappa shape index (κ2) is 10.6. The van der Waals surface area contributed by atoms with E-state index in [2.05, 4.69) is 34.6 Å². The van der Waals surface area contributed by atoms with E-state index >= 15 is 0 Å². The molecule has 6 nitrogen and oxygen atoms in total. The molecule has 2 aromatic heterocycles. The second-order valence-corrected chi connectivity index (χ2v) is 7.76. The number of nitrogens with two attached hydrogens (primary N) is 1. The van der Waals surface area contributed by atoms with Crippen LogP contribution in [0.5, 0.6) is 0 Å². The molecular formula is C26H28N4O2. The SMILES string of the molecule is Nc1nc(CCc2cccc(-c3ccco3)c2)cc(=O)n1CCNCCc1ccccc1. The van der Waals surface area contributed by atoms with Gasteiger partial charge in [0.05, 0.1) is 12.0 Å². The molecule has 164 valence electrons. The van der Waals surface area contributed by atoms with E-state index in [9.17, 15) is 4.79 Å². The van der Waals surface area contributed by atoms with Gasteiger partial charge in [-0.2, -0.15) is 0 Å². The molecule has 0 radical (unpaired) electrons. The van der Waals surface area contributed by atoms with Gasteiger partial charge in [0.15, 0.2) is 0 Å². The first-order valence-corrected chi connectivity index (χ1v) is 10.9. The van der Waals surface area contributed by atoms with Crippen LogP contribution in [-0.2, 0) is 25.8 Å². The van der Waals surface area contributed by atoms with E-state index in [-0.39, 0.29) is 11.5 Å². The molecule has 0 unspecified atom stereocenters. The molecule has 0 aliphatic rings. The van der Waals surface area contributed by atoms with Gasteiger partial charge in [-0.1, -0.05) is 48.5 Å². The van der Waals surface area contributed by atoms with Crippen molar-refractivity contribution in [1.82, 2.24) is 14.9 Å². The van der Waals surface area contributed by atoms with E-state index in [0.717, 1.165) is 36.3 Å². The van der Waals surface area contributed by atoms with Crippen molar-refractivity contribution >= 4 is 5.95 Å². The van der Waals surface area contributed by atoms with Crippen LogP contribution < -0.4 is 16.6 Å². The van der Waals surface area contributed by atoms with Gasteiger partial charge in [0.2, 0.25) is 5.95 Å². The van der Waals surface area contributed by atoms with Crippen LogP contribution in [0.15, 0.2) is 88.3 Å². The fourth-order valence-corrected chi connectivity index (χ4v) is 3.71. The Morgan fingerprint density at radius 2 is 1.72 bits per heavy atom. The third-order valence-corrected chi connectivity index (χ3v) is 5.44. The molecule has 0 bridgehead atoms. The minimum atomic E-state index is -0.110. The minimum Gasteiger partial charge on any atom is -0.464 e. The zero-order valence-corrected chi connectivity index (χ0v) is 18.0. The maximum Gasteiger partial charge on any atom is 0.255 e. The van der Waals surface area contributed by atoms with Crippen LogP contribution >= 0.6 is 0 Å². The normalized spacial score (nSPS) is 11.0. The third-order valence-electron chi connectivity index (χ3n) is 5.44. The number of nitrogen functional groups attached to an aromatic ring is 1. The quantitative estimate of drug-likeness (QED) is 0.376. The topological polar surface area (TPSA) is 86.1 Å². The smallest absolute Gasteiger partial charge is 0.255 e. The van der Waals surface area contributed by atoms with Crippen LogP contribution in [0.4, 0.5) is 5.95 Å². The fraction of sp³-hybridized carbons (Fsp3) is 0.231. The van der Waals surface area contributed by atoms with Gasteiger partial charge < -0.3 is 15.5 Å². The molecule has 2 aromatic carbocycles. The number of nitrogens with one attached hydrogen (secondary N) is 1. The van der Waals surface area contributed by atoms with Crippen molar-refractivity contribution in [1.29, 1.82) is 0 Å². The van der Waals surface area contributed by atoms with E-state index in [1.54, 1.807) is 12.3 Å². The summed E-state index contributed by atoms with van der Waals surface area (Å²) < 4.78 is 7.00. The number of anilines is 1. The summed E-state index contributed by atoms with van der Waals surface area (Å²) >= 11 is 0. The van der Waals surface area contributed by atoms with Gasteiger partial charge in [0.1, 0.15) is 5.76 Å². The number of rotatable bonds is 10. The maximum atomic E-state index is 12.6. The predicted octanol–water partition coefficient (Wildman–Crippen LogP) is 3.70. The summed E-state index contributed by atoms with van der Waals surface area (Å²) in [7, 11) is 0. The Morgan fingerprint density at radius 3 is 2.50 bits per heavy atom. The lowest BCUT2D eigenvalue weighted by Crippen LogP contribution is -2.30. The first-order valence-electron chi connectivity index (χ1n) is 10.9. The first-order chi connectivity index (χ1) is 15.7. The van der Waals surface area contributed by atoms with Crippen LogP contribution in [-0.4, -0.2) is 22.6 Å². The highest BCUT2D eigenvalue weighted by atomic mass is 16.3. The molecule has 0 amide bonds. The molecule has 0 fully saturated rings. The molecule has 0 spiro atoms. The van der Waals surface area contributed by atoms with Crippen molar-refractivity contribution in [3.63, 3.8) is 0 Å². The van der Waals surface area contributed by atoms with Gasteiger partial charge in [-0.15, -0.1) is 0 Å². The lowest BCUT2D eigenvalue weighted by Gasteiger charge is -2.11. The molecule has 0 saturated carbocycles. The highest BCUT2D eigenvalue weighted by Gasteiger charge is 2.07. The first kappa shape index (κ1) is 21.6. The zero-order valence-electron chi connectivity index (χ0n) is 18.0. The summed E-state index contributed by atoms with van der Waals surface area (Å²) in [6.07, 6.45) is 4.04. The number of aryl methyl sites for hydroxylation is 2. The Kier molecular flexibility index (Phi) is 7.15.